The van der Waals surface area contributed by atoms with Crippen LogP contribution in [0.3, 0.4) is 0 Å². The van der Waals surface area contributed by atoms with Crippen LogP contribution in [0.15, 0.2) is 40.9 Å². The maximum absolute atomic E-state index is 13.2. The summed E-state index contributed by atoms with van der Waals surface area (Å²) >= 11 is 3.11. The lowest BCUT2D eigenvalue weighted by molar-refractivity contribution is -0.385. The monoisotopic (exact) mass is 355 g/mol. The first-order valence-corrected chi connectivity index (χ1v) is 6.77. The van der Waals surface area contributed by atoms with Crippen molar-refractivity contribution in [3.05, 3.63) is 62.4 Å². The van der Waals surface area contributed by atoms with Gasteiger partial charge in [-0.3, -0.25) is 10.1 Å². The van der Waals surface area contributed by atoms with Crippen LogP contribution >= 0.6 is 15.9 Å². The first-order valence-electron chi connectivity index (χ1n) is 5.98. The highest BCUT2D eigenvalue weighted by Crippen LogP contribution is 2.38. The van der Waals surface area contributed by atoms with Gasteiger partial charge in [0.1, 0.15) is 21.8 Å². The van der Waals surface area contributed by atoms with Crippen molar-refractivity contribution in [2.24, 2.45) is 0 Å². The van der Waals surface area contributed by atoms with Gasteiger partial charge >= 0.3 is 0 Å². The minimum atomic E-state index is -0.937. The molecule has 0 bridgehead atoms. The Morgan fingerprint density at radius 2 is 2.05 bits per heavy atom. The van der Waals surface area contributed by atoms with Crippen molar-refractivity contribution >= 4 is 21.6 Å². The van der Waals surface area contributed by atoms with Crippen molar-refractivity contribution in [2.45, 2.75) is 13.0 Å². The first-order chi connectivity index (χ1) is 9.90. The van der Waals surface area contributed by atoms with E-state index in [2.05, 4.69) is 15.9 Å². The molecule has 0 aliphatic heterocycles. The van der Waals surface area contributed by atoms with E-state index in [0.717, 1.165) is 6.07 Å². The highest BCUT2D eigenvalue weighted by molar-refractivity contribution is 9.10. The van der Waals surface area contributed by atoms with Crippen molar-refractivity contribution in [3.8, 4) is 11.5 Å². The van der Waals surface area contributed by atoms with Crippen molar-refractivity contribution < 1.29 is 19.2 Å². The van der Waals surface area contributed by atoms with Gasteiger partial charge in [-0.2, -0.15) is 0 Å². The third-order valence-electron chi connectivity index (χ3n) is 2.78. The van der Waals surface area contributed by atoms with E-state index in [1.807, 2.05) is 0 Å². The summed E-state index contributed by atoms with van der Waals surface area (Å²) in [5, 5.41) is 20.5. The van der Waals surface area contributed by atoms with Crippen LogP contribution in [0.25, 0.3) is 0 Å². The number of benzene rings is 2. The first kappa shape index (κ1) is 15.4. The van der Waals surface area contributed by atoms with Crippen LogP contribution in [0.2, 0.25) is 0 Å². The minimum Gasteiger partial charge on any atom is -0.456 e. The lowest BCUT2D eigenvalue weighted by Crippen LogP contribution is -1.98. The second-order valence-electron chi connectivity index (χ2n) is 4.31. The molecule has 0 fully saturated rings. The molecule has 1 N–H and O–H groups in total. The van der Waals surface area contributed by atoms with Crippen LogP contribution in [-0.4, -0.2) is 10.0 Å². The highest BCUT2D eigenvalue weighted by Gasteiger charge is 2.18. The van der Waals surface area contributed by atoms with Crippen LogP contribution in [0, 0.1) is 15.9 Å². The average Bonchev–Trinajstić information content (AvgIpc) is 2.42. The van der Waals surface area contributed by atoms with Gasteiger partial charge in [0.05, 0.1) is 11.0 Å². The number of aliphatic hydroxyl groups is 1. The summed E-state index contributed by atoms with van der Waals surface area (Å²) in [6, 6.07) is 8.05. The normalized spacial score (nSPS) is 12.0. The van der Waals surface area contributed by atoms with E-state index in [9.17, 15) is 19.6 Å². The van der Waals surface area contributed by atoms with Gasteiger partial charge in [0.15, 0.2) is 0 Å². The SMILES string of the molecule is C[C@@H](O)c1cc(F)ccc1Oc1cccc([N+](=O)[O-])c1Br. The molecule has 2 rings (SSSR count). The molecular weight excluding hydrogens is 345 g/mol. The van der Waals surface area contributed by atoms with Crippen molar-refractivity contribution in [1.29, 1.82) is 0 Å². The molecule has 0 saturated heterocycles. The Balaban J connectivity index is 2.44. The summed E-state index contributed by atoms with van der Waals surface area (Å²) < 4.78 is 19.0. The minimum absolute atomic E-state index is 0.145. The van der Waals surface area contributed by atoms with Gasteiger partial charge in [-0.05, 0) is 47.1 Å². The number of nitrogens with zero attached hydrogens (tertiary/aromatic N) is 1. The third-order valence-corrected chi connectivity index (χ3v) is 3.58. The lowest BCUT2D eigenvalue weighted by atomic mass is 10.1. The summed E-state index contributed by atoms with van der Waals surface area (Å²) in [7, 11) is 0. The molecule has 0 unspecified atom stereocenters. The fraction of sp³-hybridized carbons (Fsp3) is 0.143. The third kappa shape index (κ3) is 3.37. The molecule has 5 nitrogen and oxygen atoms in total. The summed E-state index contributed by atoms with van der Waals surface area (Å²) in [5.41, 5.74) is 0.113. The fourth-order valence-corrected chi connectivity index (χ4v) is 2.27. The molecule has 0 spiro atoms. The van der Waals surface area contributed by atoms with Gasteiger partial charge in [-0.25, -0.2) is 4.39 Å². The molecule has 0 radical (unpaired) electrons. The van der Waals surface area contributed by atoms with Crippen LogP contribution in [-0.2, 0) is 0 Å². The predicted octanol–water partition coefficient (Wildman–Crippen LogP) is 4.34. The maximum Gasteiger partial charge on any atom is 0.287 e. The van der Waals surface area contributed by atoms with Crippen LogP contribution in [0.4, 0.5) is 10.1 Å². The Morgan fingerprint density at radius 1 is 1.33 bits per heavy atom. The second-order valence-corrected chi connectivity index (χ2v) is 5.10. The molecule has 21 heavy (non-hydrogen) atoms. The molecule has 0 aromatic heterocycles. The Hall–Kier alpha value is -1.99. The standard InChI is InChI=1S/C14H11BrFNO4/c1-8(18)10-7-9(16)5-6-12(10)21-13-4-2-3-11(14(13)15)17(19)20/h2-8,18H,1H3/t8-/m1/s1. The number of halogens is 2. The summed E-state index contributed by atoms with van der Waals surface area (Å²) in [5.74, 6) is -0.0679. The Bertz CT molecular complexity index is 691. The van der Waals surface area contributed by atoms with E-state index in [4.69, 9.17) is 4.74 Å². The highest BCUT2D eigenvalue weighted by atomic mass is 79.9. The van der Waals surface area contributed by atoms with Crippen molar-refractivity contribution in [2.75, 3.05) is 0 Å². The number of hydrogen-bond donors (Lipinski definition) is 1. The Labute approximate surface area is 128 Å². The second kappa shape index (κ2) is 6.19. The predicted molar refractivity (Wildman–Crippen MR) is 77.9 cm³/mol. The van der Waals surface area contributed by atoms with Crippen LogP contribution in [0.5, 0.6) is 11.5 Å². The molecule has 110 valence electrons. The molecule has 2 aromatic rings. The van der Waals surface area contributed by atoms with Gasteiger partial charge in [-0.15, -0.1) is 0 Å². The molecule has 2 aromatic carbocycles. The van der Waals surface area contributed by atoms with Crippen LogP contribution in [0.1, 0.15) is 18.6 Å². The summed E-state index contributed by atoms with van der Waals surface area (Å²) in [6.45, 7) is 1.48. The number of nitro groups is 1. The number of aliphatic hydroxyl groups excluding tert-OH is 1. The maximum atomic E-state index is 13.2. The zero-order valence-corrected chi connectivity index (χ0v) is 12.5. The number of ether oxygens (including phenoxy) is 1. The van der Waals surface area contributed by atoms with Gasteiger partial charge in [0.2, 0.25) is 0 Å². The van der Waals surface area contributed by atoms with Gasteiger partial charge in [0, 0.05) is 11.6 Å². The van der Waals surface area contributed by atoms with Gasteiger partial charge in [-0.1, -0.05) is 6.07 Å². The fourth-order valence-electron chi connectivity index (χ4n) is 1.78. The Kier molecular flexibility index (Phi) is 4.54. The molecule has 1 atom stereocenters. The molecular formula is C14H11BrFNO4. The van der Waals surface area contributed by atoms with E-state index >= 15 is 0 Å². The van der Waals surface area contributed by atoms with E-state index < -0.39 is 16.8 Å². The molecule has 0 amide bonds. The molecule has 0 saturated carbocycles. The van der Waals surface area contributed by atoms with Crippen LogP contribution < -0.4 is 4.74 Å². The number of nitro benzene ring substituents is 1. The molecule has 7 heteroatoms. The van der Waals surface area contributed by atoms with E-state index in [1.54, 1.807) is 0 Å². The smallest absolute Gasteiger partial charge is 0.287 e. The largest absolute Gasteiger partial charge is 0.456 e. The van der Waals surface area contributed by atoms with Gasteiger partial charge < -0.3 is 9.84 Å². The van der Waals surface area contributed by atoms with E-state index in [-0.39, 0.29) is 27.2 Å². The Morgan fingerprint density at radius 3 is 2.67 bits per heavy atom. The molecule has 0 aliphatic carbocycles. The van der Waals surface area contributed by atoms with E-state index in [1.165, 1.54) is 37.3 Å². The lowest BCUT2D eigenvalue weighted by Gasteiger charge is -2.14. The zero-order chi connectivity index (χ0) is 15.6. The summed E-state index contributed by atoms with van der Waals surface area (Å²) in [6.07, 6.45) is -0.937. The average molecular weight is 356 g/mol. The number of rotatable bonds is 4. The topological polar surface area (TPSA) is 72.6 Å². The molecule has 0 aliphatic rings. The van der Waals surface area contributed by atoms with Crippen molar-refractivity contribution in [1.82, 2.24) is 0 Å². The molecule has 0 heterocycles. The zero-order valence-electron chi connectivity index (χ0n) is 10.9. The van der Waals surface area contributed by atoms with Gasteiger partial charge in [0.25, 0.3) is 5.69 Å². The van der Waals surface area contributed by atoms with Crippen molar-refractivity contribution in [3.63, 3.8) is 0 Å². The summed E-state index contributed by atoms with van der Waals surface area (Å²) in [4.78, 5) is 10.3. The quantitative estimate of drug-likeness (QED) is 0.653. The number of hydrogen-bond acceptors (Lipinski definition) is 4. The van der Waals surface area contributed by atoms with E-state index in [0.29, 0.717) is 0 Å².